The quantitative estimate of drug-likeness (QED) is 0.685. The lowest BCUT2D eigenvalue weighted by atomic mass is 10.0. The van der Waals surface area contributed by atoms with Crippen molar-refractivity contribution in [1.82, 2.24) is 0 Å². The number of rotatable bonds is 3. The van der Waals surface area contributed by atoms with Crippen molar-refractivity contribution in [3.63, 3.8) is 0 Å². The minimum atomic E-state index is -1.65. The topological polar surface area (TPSA) is 9.23 Å². The SMILES string of the molecule is COC1([Si](C)(C)C2=CCC=C2)CC=CC=C1C. The zero-order chi connectivity index (χ0) is 12.5. The van der Waals surface area contributed by atoms with Crippen molar-refractivity contribution in [2.24, 2.45) is 0 Å². The zero-order valence-electron chi connectivity index (χ0n) is 11.3. The molecule has 0 amide bonds. The predicted molar refractivity (Wildman–Crippen MR) is 76.6 cm³/mol. The summed E-state index contributed by atoms with van der Waals surface area (Å²) in [5, 5.41) is 1.46. The predicted octanol–water partition coefficient (Wildman–Crippen LogP) is 3.95. The summed E-state index contributed by atoms with van der Waals surface area (Å²) in [5.41, 5.74) is 1.38. The van der Waals surface area contributed by atoms with Crippen LogP contribution in [0.1, 0.15) is 19.8 Å². The third kappa shape index (κ3) is 1.80. The van der Waals surface area contributed by atoms with Gasteiger partial charge in [-0.1, -0.05) is 54.7 Å². The number of ether oxygens (including phenoxy) is 1. The monoisotopic (exact) mass is 246 g/mol. The third-order valence-corrected chi connectivity index (χ3v) is 9.01. The van der Waals surface area contributed by atoms with Crippen LogP contribution in [-0.4, -0.2) is 20.4 Å². The van der Waals surface area contributed by atoms with Gasteiger partial charge in [-0.2, -0.15) is 0 Å². The smallest absolute Gasteiger partial charge is 0.122 e. The summed E-state index contributed by atoms with van der Waals surface area (Å²) in [6, 6.07) is 0. The molecule has 2 rings (SSSR count). The maximum Gasteiger partial charge on any atom is 0.122 e. The maximum atomic E-state index is 6.04. The van der Waals surface area contributed by atoms with Gasteiger partial charge < -0.3 is 4.74 Å². The van der Waals surface area contributed by atoms with Crippen LogP contribution in [0.5, 0.6) is 0 Å². The maximum absolute atomic E-state index is 6.04. The summed E-state index contributed by atoms with van der Waals surface area (Å²) in [6.07, 6.45) is 15.6. The summed E-state index contributed by atoms with van der Waals surface area (Å²) < 4.78 is 6.04. The van der Waals surface area contributed by atoms with Crippen LogP contribution in [0.3, 0.4) is 0 Å². The molecule has 2 aliphatic carbocycles. The van der Waals surface area contributed by atoms with Gasteiger partial charge in [0, 0.05) is 7.11 Å². The molecule has 1 unspecified atom stereocenters. The molecular formula is C15H22OSi. The van der Waals surface area contributed by atoms with Crippen LogP contribution in [0.25, 0.3) is 0 Å². The van der Waals surface area contributed by atoms with Gasteiger partial charge in [-0.15, -0.1) is 0 Å². The summed E-state index contributed by atoms with van der Waals surface area (Å²) >= 11 is 0. The van der Waals surface area contributed by atoms with Crippen LogP contribution in [0.4, 0.5) is 0 Å². The molecule has 0 aliphatic heterocycles. The van der Waals surface area contributed by atoms with Crippen molar-refractivity contribution >= 4 is 8.07 Å². The zero-order valence-corrected chi connectivity index (χ0v) is 12.3. The lowest BCUT2D eigenvalue weighted by Crippen LogP contribution is -2.58. The fraction of sp³-hybridized carbons (Fsp3) is 0.467. The second-order valence-corrected chi connectivity index (χ2v) is 10.1. The van der Waals surface area contributed by atoms with Crippen molar-refractivity contribution in [1.29, 1.82) is 0 Å². The van der Waals surface area contributed by atoms with Crippen LogP contribution >= 0.6 is 0 Å². The first kappa shape index (κ1) is 12.6. The highest BCUT2D eigenvalue weighted by Crippen LogP contribution is 2.42. The van der Waals surface area contributed by atoms with Gasteiger partial charge >= 0.3 is 0 Å². The van der Waals surface area contributed by atoms with Gasteiger partial charge in [0.1, 0.15) is 8.07 Å². The minimum absolute atomic E-state index is 0.0672. The second kappa shape index (κ2) is 4.43. The summed E-state index contributed by atoms with van der Waals surface area (Å²) in [5.74, 6) is 0. The highest BCUT2D eigenvalue weighted by atomic mass is 28.3. The molecule has 1 nitrogen and oxygen atoms in total. The first-order chi connectivity index (χ1) is 8.04. The lowest BCUT2D eigenvalue weighted by molar-refractivity contribution is 0.0855. The van der Waals surface area contributed by atoms with E-state index in [2.05, 4.69) is 56.5 Å². The van der Waals surface area contributed by atoms with Gasteiger partial charge in [0.2, 0.25) is 0 Å². The fourth-order valence-corrected chi connectivity index (χ4v) is 6.98. The van der Waals surface area contributed by atoms with Gasteiger partial charge in [-0.25, -0.2) is 0 Å². The summed E-state index contributed by atoms with van der Waals surface area (Å²) in [4.78, 5) is 0. The fourth-order valence-electron chi connectivity index (χ4n) is 3.14. The third-order valence-electron chi connectivity index (χ3n) is 4.38. The Morgan fingerprint density at radius 2 is 2.06 bits per heavy atom. The first-order valence-electron chi connectivity index (χ1n) is 6.31. The molecular weight excluding hydrogens is 224 g/mol. The molecule has 0 N–H and O–H groups in total. The Hall–Kier alpha value is -0.863. The van der Waals surface area contributed by atoms with Gasteiger partial charge in [0.25, 0.3) is 0 Å². The average Bonchev–Trinajstić information content (AvgIpc) is 2.83. The Kier molecular flexibility index (Phi) is 3.28. The molecule has 0 radical (unpaired) electrons. The molecule has 2 heteroatoms. The molecule has 0 saturated carbocycles. The summed E-state index contributed by atoms with van der Waals surface area (Å²) in [6.45, 7) is 7.06. The molecule has 0 saturated heterocycles. The number of hydrogen-bond donors (Lipinski definition) is 0. The molecule has 0 fully saturated rings. The Morgan fingerprint density at radius 1 is 1.29 bits per heavy atom. The summed E-state index contributed by atoms with van der Waals surface area (Å²) in [7, 11) is 0.215. The Morgan fingerprint density at radius 3 is 2.59 bits per heavy atom. The van der Waals surface area contributed by atoms with E-state index in [0.717, 1.165) is 12.8 Å². The van der Waals surface area contributed by atoms with Crippen molar-refractivity contribution in [2.45, 2.75) is 38.1 Å². The van der Waals surface area contributed by atoms with E-state index in [1.807, 2.05) is 7.11 Å². The Balaban J connectivity index is 2.45. The van der Waals surface area contributed by atoms with Gasteiger partial charge in [-0.05, 0) is 25.3 Å². The molecule has 0 aromatic carbocycles. The molecule has 0 spiro atoms. The van der Waals surface area contributed by atoms with E-state index in [1.165, 1.54) is 10.8 Å². The second-order valence-electron chi connectivity index (χ2n) is 5.44. The Bertz CT molecular complexity index is 426. The van der Waals surface area contributed by atoms with E-state index in [4.69, 9.17) is 4.74 Å². The van der Waals surface area contributed by atoms with Crippen LogP contribution in [-0.2, 0) is 4.74 Å². The number of methoxy groups -OCH3 is 1. The van der Waals surface area contributed by atoms with Crippen molar-refractivity contribution < 1.29 is 4.74 Å². The van der Waals surface area contributed by atoms with Gasteiger partial charge in [0.05, 0.1) is 5.22 Å². The van der Waals surface area contributed by atoms with E-state index < -0.39 is 8.07 Å². The Labute approximate surface area is 106 Å². The van der Waals surface area contributed by atoms with E-state index in [1.54, 1.807) is 0 Å². The largest absolute Gasteiger partial charge is 0.377 e. The van der Waals surface area contributed by atoms with Crippen LogP contribution in [0, 0.1) is 0 Å². The average molecular weight is 246 g/mol. The van der Waals surface area contributed by atoms with Crippen molar-refractivity contribution in [2.75, 3.05) is 7.11 Å². The molecule has 2 aliphatic rings. The van der Waals surface area contributed by atoms with E-state index in [9.17, 15) is 0 Å². The molecule has 0 bridgehead atoms. The van der Waals surface area contributed by atoms with E-state index >= 15 is 0 Å². The van der Waals surface area contributed by atoms with Crippen LogP contribution in [0.2, 0.25) is 13.1 Å². The molecule has 92 valence electrons. The van der Waals surface area contributed by atoms with E-state index in [-0.39, 0.29) is 5.22 Å². The van der Waals surface area contributed by atoms with Crippen LogP contribution < -0.4 is 0 Å². The molecule has 0 aromatic rings. The number of hydrogen-bond acceptors (Lipinski definition) is 1. The van der Waals surface area contributed by atoms with Crippen molar-refractivity contribution in [3.8, 4) is 0 Å². The minimum Gasteiger partial charge on any atom is -0.377 e. The van der Waals surface area contributed by atoms with Crippen LogP contribution in [0.15, 0.2) is 47.2 Å². The highest BCUT2D eigenvalue weighted by Gasteiger charge is 2.50. The number of allylic oxidation sites excluding steroid dienone is 6. The molecule has 17 heavy (non-hydrogen) atoms. The normalized spacial score (nSPS) is 28.2. The molecule has 0 aromatic heterocycles. The van der Waals surface area contributed by atoms with Gasteiger partial charge in [-0.3, -0.25) is 0 Å². The standard InChI is InChI=1S/C15H22OSi/c1-13-9-7-8-12-15(13,16-2)17(3,4)14-10-5-6-11-14/h5,7-11H,6,12H2,1-4H3. The lowest BCUT2D eigenvalue weighted by Gasteiger charge is -2.46. The first-order valence-corrected chi connectivity index (χ1v) is 9.31. The molecule has 1 atom stereocenters. The van der Waals surface area contributed by atoms with Gasteiger partial charge in [0.15, 0.2) is 0 Å². The van der Waals surface area contributed by atoms with Crippen molar-refractivity contribution in [3.05, 3.63) is 47.2 Å². The van der Waals surface area contributed by atoms with E-state index in [0.29, 0.717) is 0 Å². The molecule has 0 heterocycles. The highest BCUT2D eigenvalue weighted by molar-refractivity contribution is 6.88.